The topological polar surface area (TPSA) is 79.0 Å². The molecule has 0 bridgehead atoms. The lowest BCUT2D eigenvalue weighted by Gasteiger charge is -2.28. The summed E-state index contributed by atoms with van der Waals surface area (Å²) in [6.07, 6.45) is 4.98. The van der Waals surface area contributed by atoms with Crippen molar-refractivity contribution in [3.63, 3.8) is 0 Å². The van der Waals surface area contributed by atoms with E-state index in [1.165, 1.54) is 42.6 Å². The molecule has 8 heteroatoms. The normalized spacial score (nSPS) is 14.5. The summed E-state index contributed by atoms with van der Waals surface area (Å²) in [5, 5.41) is 2.87. The number of carbonyl (C=O) groups excluding carboxylic acids is 1. The molecule has 0 atom stereocenters. The zero-order valence-corrected chi connectivity index (χ0v) is 19.0. The lowest BCUT2D eigenvalue weighted by molar-refractivity contribution is -0.123. The zero-order chi connectivity index (χ0) is 22.3. The summed E-state index contributed by atoms with van der Waals surface area (Å²) in [5.41, 5.74) is 3.13. The first-order valence-corrected chi connectivity index (χ1v) is 12.4. The molecule has 1 aliphatic rings. The zero-order valence-electron chi connectivity index (χ0n) is 18.2. The minimum absolute atomic E-state index is 0.0750. The van der Waals surface area contributed by atoms with Gasteiger partial charge in [-0.1, -0.05) is 24.3 Å². The summed E-state index contributed by atoms with van der Waals surface area (Å²) in [5.74, 6) is 0.368. The van der Waals surface area contributed by atoms with Crippen LogP contribution in [0.1, 0.15) is 30.4 Å². The van der Waals surface area contributed by atoms with E-state index in [1.54, 1.807) is 24.3 Å². The number of nitrogens with one attached hydrogen (secondary N) is 1. The van der Waals surface area contributed by atoms with E-state index in [-0.39, 0.29) is 19.1 Å². The Labute approximate surface area is 185 Å². The number of benzene rings is 2. The van der Waals surface area contributed by atoms with Gasteiger partial charge in [0, 0.05) is 38.9 Å². The van der Waals surface area contributed by atoms with Crippen LogP contribution in [-0.2, 0) is 27.9 Å². The first-order chi connectivity index (χ1) is 14.8. The van der Waals surface area contributed by atoms with E-state index in [1.807, 2.05) is 0 Å². The summed E-state index contributed by atoms with van der Waals surface area (Å²) in [6, 6.07) is 15.4. The third kappa shape index (κ3) is 7.25. The van der Waals surface area contributed by atoms with Crippen molar-refractivity contribution in [1.82, 2.24) is 9.62 Å². The van der Waals surface area contributed by atoms with Crippen LogP contribution in [0.5, 0.6) is 5.75 Å². The molecule has 0 saturated carbocycles. The molecule has 2 aromatic rings. The van der Waals surface area contributed by atoms with Crippen LogP contribution in [0.2, 0.25) is 0 Å². The number of anilines is 1. The molecule has 1 aliphatic heterocycles. The van der Waals surface area contributed by atoms with E-state index in [4.69, 9.17) is 4.74 Å². The van der Waals surface area contributed by atoms with Crippen LogP contribution in [0.15, 0.2) is 48.5 Å². The molecule has 168 valence electrons. The SMILES string of the molecule is CN(Cc1ccc(OCC(=O)NCc2ccc(N3CCCCC3)cc2)cc1)S(C)(=O)=O. The molecule has 0 radical (unpaired) electrons. The fourth-order valence-corrected chi connectivity index (χ4v) is 3.83. The summed E-state index contributed by atoms with van der Waals surface area (Å²) in [7, 11) is -1.69. The number of rotatable bonds is 9. The molecule has 0 aromatic heterocycles. The summed E-state index contributed by atoms with van der Waals surface area (Å²) in [4.78, 5) is 14.5. The summed E-state index contributed by atoms with van der Waals surface area (Å²) >= 11 is 0. The van der Waals surface area contributed by atoms with Crippen molar-refractivity contribution in [3.05, 3.63) is 59.7 Å². The van der Waals surface area contributed by atoms with Crippen molar-refractivity contribution in [1.29, 1.82) is 0 Å². The van der Waals surface area contributed by atoms with Gasteiger partial charge in [-0.25, -0.2) is 12.7 Å². The maximum Gasteiger partial charge on any atom is 0.258 e. The lowest BCUT2D eigenvalue weighted by atomic mass is 10.1. The van der Waals surface area contributed by atoms with Crippen LogP contribution in [0.4, 0.5) is 5.69 Å². The van der Waals surface area contributed by atoms with Crippen molar-refractivity contribution in [2.45, 2.75) is 32.4 Å². The number of piperidine rings is 1. The third-order valence-corrected chi connectivity index (χ3v) is 6.67. The van der Waals surface area contributed by atoms with Crippen LogP contribution >= 0.6 is 0 Å². The van der Waals surface area contributed by atoms with Gasteiger partial charge >= 0.3 is 0 Å². The van der Waals surface area contributed by atoms with E-state index < -0.39 is 10.0 Å². The smallest absolute Gasteiger partial charge is 0.258 e. The van der Waals surface area contributed by atoms with Crippen molar-refractivity contribution in [3.8, 4) is 5.75 Å². The van der Waals surface area contributed by atoms with Gasteiger partial charge in [-0.05, 0) is 54.7 Å². The Hall–Kier alpha value is -2.58. The summed E-state index contributed by atoms with van der Waals surface area (Å²) in [6.45, 7) is 2.90. The standard InChI is InChI=1S/C23H31N3O4S/c1-25(31(2,28)29)17-20-8-12-22(13-9-20)30-18-23(27)24-16-19-6-10-21(11-7-19)26-14-4-3-5-15-26/h6-13H,3-5,14-18H2,1-2H3,(H,24,27). The molecule has 31 heavy (non-hydrogen) atoms. The second kappa shape index (κ2) is 10.6. The van der Waals surface area contributed by atoms with Crippen LogP contribution in [-0.4, -0.2) is 51.6 Å². The number of hydrogen-bond acceptors (Lipinski definition) is 5. The average Bonchev–Trinajstić information content (AvgIpc) is 2.77. The Morgan fingerprint density at radius 2 is 1.61 bits per heavy atom. The maximum atomic E-state index is 12.1. The molecule has 0 spiro atoms. The van der Waals surface area contributed by atoms with Gasteiger partial charge in [0.1, 0.15) is 5.75 Å². The van der Waals surface area contributed by atoms with Crippen molar-refractivity contribution < 1.29 is 17.9 Å². The molecule has 3 rings (SSSR count). The summed E-state index contributed by atoms with van der Waals surface area (Å²) < 4.78 is 29.8. The first-order valence-electron chi connectivity index (χ1n) is 10.5. The maximum absolute atomic E-state index is 12.1. The van der Waals surface area contributed by atoms with Gasteiger partial charge in [0.25, 0.3) is 5.91 Å². The van der Waals surface area contributed by atoms with Crippen molar-refractivity contribution >= 4 is 21.6 Å². The largest absolute Gasteiger partial charge is 0.484 e. The second-order valence-corrected chi connectivity index (χ2v) is 10.0. The quantitative estimate of drug-likeness (QED) is 0.642. The fourth-order valence-electron chi connectivity index (χ4n) is 3.44. The number of ether oxygens (including phenoxy) is 1. The van der Waals surface area contributed by atoms with Crippen LogP contribution in [0, 0.1) is 0 Å². The van der Waals surface area contributed by atoms with Gasteiger partial charge in [-0.2, -0.15) is 0 Å². The van der Waals surface area contributed by atoms with E-state index >= 15 is 0 Å². The second-order valence-electron chi connectivity index (χ2n) is 7.94. The van der Waals surface area contributed by atoms with Crippen LogP contribution in [0.3, 0.4) is 0 Å². The van der Waals surface area contributed by atoms with Crippen molar-refractivity contribution in [2.24, 2.45) is 0 Å². The van der Waals surface area contributed by atoms with Crippen LogP contribution < -0.4 is 15.0 Å². The van der Waals surface area contributed by atoms with Gasteiger partial charge in [0.15, 0.2) is 6.61 Å². The Kier molecular flexibility index (Phi) is 7.92. The average molecular weight is 446 g/mol. The van der Waals surface area contributed by atoms with Gasteiger partial charge in [0.2, 0.25) is 10.0 Å². The first kappa shape index (κ1) is 23.1. The van der Waals surface area contributed by atoms with E-state index in [2.05, 4.69) is 34.5 Å². The molecule has 1 saturated heterocycles. The molecule has 1 fully saturated rings. The monoisotopic (exact) mass is 445 g/mol. The van der Waals surface area contributed by atoms with E-state index in [9.17, 15) is 13.2 Å². The van der Waals surface area contributed by atoms with Gasteiger partial charge in [0.05, 0.1) is 6.26 Å². The predicted molar refractivity (Wildman–Crippen MR) is 123 cm³/mol. The molecule has 1 heterocycles. The third-order valence-electron chi connectivity index (χ3n) is 5.41. The molecule has 0 unspecified atom stereocenters. The molecule has 1 amide bonds. The van der Waals surface area contributed by atoms with E-state index in [0.29, 0.717) is 12.3 Å². The molecular weight excluding hydrogens is 414 g/mol. The number of amides is 1. The van der Waals surface area contributed by atoms with Gasteiger partial charge in [-0.3, -0.25) is 4.79 Å². The Balaban J connectivity index is 1.41. The van der Waals surface area contributed by atoms with Gasteiger partial charge in [-0.15, -0.1) is 0 Å². The molecule has 1 N–H and O–H groups in total. The minimum Gasteiger partial charge on any atom is -0.484 e. The van der Waals surface area contributed by atoms with E-state index in [0.717, 1.165) is 24.2 Å². The van der Waals surface area contributed by atoms with Crippen LogP contribution in [0.25, 0.3) is 0 Å². The highest BCUT2D eigenvalue weighted by molar-refractivity contribution is 7.88. The van der Waals surface area contributed by atoms with Gasteiger partial charge < -0.3 is 15.0 Å². The highest BCUT2D eigenvalue weighted by Crippen LogP contribution is 2.20. The molecule has 2 aromatic carbocycles. The Morgan fingerprint density at radius 1 is 1.00 bits per heavy atom. The molecule has 0 aliphatic carbocycles. The highest BCUT2D eigenvalue weighted by atomic mass is 32.2. The predicted octanol–water partition coefficient (Wildman–Crippen LogP) is 2.76. The highest BCUT2D eigenvalue weighted by Gasteiger charge is 2.12. The molecular formula is C23H31N3O4S. The Bertz CT molecular complexity index is 953. The number of carbonyl (C=O) groups is 1. The lowest BCUT2D eigenvalue weighted by Crippen LogP contribution is -2.29. The van der Waals surface area contributed by atoms with Crippen molar-refractivity contribution in [2.75, 3.05) is 37.9 Å². The number of sulfonamides is 1. The number of hydrogen-bond donors (Lipinski definition) is 1. The number of nitrogens with zero attached hydrogens (tertiary/aromatic N) is 2. The molecule has 7 nitrogen and oxygen atoms in total. The Morgan fingerprint density at radius 3 is 2.23 bits per heavy atom. The fraction of sp³-hybridized carbons (Fsp3) is 0.435. The minimum atomic E-state index is -3.22.